The molecule has 0 saturated carbocycles. The fraction of sp³-hybridized carbons (Fsp3) is 0.467. The first kappa shape index (κ1) is 16.0. The lowest BCUT2D eigenvalue weighted by Gasteiger charge is -2.11. The molecule has 0 aliphatic carbocycles. The summed E-state index contributed by atoms with van der Waals surface area (Å²) in [4.78, 5) is 15.8. The molecule has 114 valence electrons. The molecule has 2 aromatic rings. The lowest BCUT2D eigenvalue weighted by atomic mass is 10.1. The number of anilines is 1. The van der Waals surface area contributed by atoms with Gasteiger partial charge < -0.3 is 10.1 Å². The second kappa shape index (κ2) is 8.14. The smallest absolute Gasteiger partial charge is 0.306 e. The highest BCUT2D eigenvalue weighted by molar-refractivity contribution is 7.13. The van der Waals surface area contributed by atoms with Crippen LogP contribution in [0.25, 0.3) is 0 Å². The predicted octanol–water partition coefficient (Wildman–Crippen LogP) is 3.74. The van der Waals surface area contributed by atoms with Gasteiger partial charge in [0.1, 0.15) is 0 Å². The van der Waals surface area contributed by atoms with E-state index in [1.807, 2.05) is 12.3 Å². The van der Waals surface area contributed by atoms with Crippen molar-refractivity contribution in [1.29, 1.82) is 0 Å². The van der Waals surface area contributed by atoms with Crippen molar-refractivity contribution in [2.45, 2.75) is 39.2 Å². The molecule has 0 spiro atoms. The molecule has 2 aromatic heterocycles. The van der Waals surface area contributed by atoms with Gasteiger partial charge in [-0.3, -0.25) is 4.79 Å². The standard InChI is InChI=1S/C15H20N2O2S2/c1-3-19-14(18)5-4-13-10-21-15(17-13)16-11(2)8-12-6-7-20-9-12/h6-7,9-11H,3-5,8H2,1-2H3,(H,16,17). The summed E-state index contributed by atoms with van der Waals surface area (Å²) in [6, 6.07) is 2.49. The van der Waals surface area contributed by atoms with Gasteiger partial charge in [-0.2, -0.15) is 11.3 Å². The summed E-state index contributed by atoms with van der Waals surface area (Å²) >= 11 is 3.30. The van der Waals surface area contributed by atoms with E-state index in [9.17, 15) is 4.79 Å². The fourth-order valence-corrected chi connectivity index (χ4v) is 3.51. The van der Waals surface area contributed by atoms with Crippen LogP contribution in [-0.2, 0) is 22.4 Å². The number of hydrogen-bond donors (Lipinski definition) is 1. The number of nitrogens with one attached hydrogen (secondary N) is 1. The summed E-state index contributed by atoms with van der Waals surface area (Å²) in [6.45, 7) is 4.40. The average molecular weight is 324 g/mol. The number of hydrogen-bond acceptors (Lipinski definition) is 6. The first-order valence-electron chi connectivity index (χ1n) is 7.05. The van der Waals surface area contributed by atoms with Crippen molar-refractivity contribution in [3.05, 3.63) is 33.5 Å². The number of thiazole rings is 1. The monoisotopic (exact) mass is 324 g/mol. The molecule has 0 aromatic carbocycles. The Labute approximate surface area is 133 Å². The molecule has 4 nitrogen and oxygen atoms in total. The molecule has 6 heteroatoms. The zero-order chi connectivity index (χ0) is 15.1. The van der Waals surface area contributed by atoms with Gasteiger partial charge in [0.05, 0.1) is 18.7 Å². The molecule has 0 bridgehead atoms. The van der Waals surface area contributed by atoms with Crippen LogP contribution in [0, 0.1) is 0 Å². The van der Waals surface area contributed by atoms with E-state index in [-0.39, 0.29) is 5.97 Å². The summed E-state index contributed by atoms with van der Waals surface area (Å²) in [5.74, 6) is -0.161. The van der Waals surface area contributed by atoms with Crippen molar-refractivity contribution >= 4 is 33.8 Å². The molecule has 2 heterocycles. The average Bonchev–Trinajstić information content (AvgIpc) is 3.08. The van der Waals surface area contributed by atoms with Gasteiger partial charge in [-0.25, -0.2) is 4.98 Å². The molecule has 0 aliphatic heterocycles. The topological polar surface area (TPSA) is 51.2 Å². The first-order valence-corrected chi connectivity index (χ1v) is 8.87. The van der Waals surface area contributed by atoms with E-state index in [1.54, 1.807) is 22.7 Å². The number of nitrogens with zero attached hydrogens (tertiary/aromatic N) is 1. The van der Waals surface area contributed by atoms with Crippen LogP contribution in [-0.4, -0.2) is 23.6 Å². The number of rotatable bonds is 8. The fourth-order valence-electron chi connectivity index (χ4n) is 1.98. The van der Waals surface area contributed by atoms with Crippen molar-refractivity contribution in [3.63, 3.8) is 0 Å². The summed E-state index contributed by atoms with van der Waals surface area (Å²) in [5, 5.41) is 10.6. The summed E-state index contributed by atoms with van der Waals surface area (Å²) in [7, 11) is 0. The SMILES string of the molecule is CCOC(=O)CCc1csc(NC(C)Cc2ccsc2)n1. The van der Waals surface area contributed by atoms with Crippen LogP contribution in [0.3, 0.4) is 0 Å². The van der Waals surface area contributed by atoms with Gasteiger partial charge in [0.25, 0.3) is 0 Å². The van der Waals surface area contributed by atoms with Gasteiger partial charge in [0.15, 0.2) is 5.13 Å². The minimum absolute atomic E-state index is 0.161. The normalized spacial score (nSPS) is 12.1. The van der Waals surface area contributed by atoms with E-state index >= 15 is 0 Å². The van der Waals surface area contributed by atoms with Crippen LogP contribution in [0.1, 0.15) is 31.5 Å². The van der Waals surface area contributed by atoms with Crippen LogP contribution < -0.4 is 5.32 Å². The second-order valence-corrected chi connectivity index (χ2v) is 6.47. The zero-order valence-corrected chi connectivity index (χ0v) is 13.9. The van der Waals surface area contributed by atoms with Crippen molar-refractivity contribution in [2.75, 3.05) is 11.9 Å². The molecule has 0 fully saturated rings. The minimum Gasteiger partial charge on any atom is -0.466 e. The quantitative estimate of drug-likeness (QED) is 0.752. The Bertz CT molecular complexity index is 552. The van der Waals surface area contributed by atoms with E-state index in [2.05, 4.69) is 34.1 Å². The number of aryl methyl sites for hydroxylation is 1. The molecule has 1 N–H and O–H groups in total. The third-order valence-electron chi connectivity index (χ3n) is 2.93. The van der Waals surface area contributed by atoms with Crippen molar-refractivity contribution in [3.8, 4) is 0 Å². The van der Waals surface area contributed by atoms with Gasteiger partial charge in [-0.1, -0.05) is 0 Å². The van der Waals surface area contributed by atoms with Gasteiger partial charge in [0, 0.05) is 17.8 Å². The highest BCUT2D eigenvalue weighted by Gasteiger charge is 2.09. The Balaban J connectivity index is 1.78. The minimum atomic E-state index is -0.161. The Morgan fingerprint density at radius 1 is 1.48 bits per heavy atom. The maximum atomic E-state index is 11.3. The first-order chi connectivity index (χ1) is 10.2. The van der Waals surface area contributed by atoms with E-state index in [0.717, 1.165) is 17.2 Å². The molecule has 2 rings (SSSR count). The Morgan fingerprint density at radius 2 is 2.33 bits per heavy atom. The van der Waals surface area contributed by atoms with Gasteiger partial charge in [0.2, 0.25) is 0 Å². The maximum Gasteiger partial charge on any atom is 0.306 e. The van der Waals surface area contributed by atoms with Crippen LogP contribution in [0.15, 0.2) is 22.2 Å². The largest absolute Gasteiger partial charge is 0.466 e. The highest BCUT2D eigenvalue weighted by atomic mass is 32.1. The van der Waals surface area contributed by atoms with Crippen molar-refractivity contribution in [1.82, 2.24) is 4.98 Å². The van der Waals surface area contributed by atoms with Crippen LogP contribution in [0.2, 0.25) is 0 Å². The van der Waals surface area contributed by atoms with Crippen molar-refractivity contribution < 1.29 is 9.53 Å². The van der Waals surface area contributed by atoms with Crippen molar-refractivity contribution in [2.24, 2.45) is 0 Å². The highest BCUT2D eigenvalue weighted by Crippen LogP contribution is 2.19. The molecule has 0 aliphatic rings. The molecular weight excluding hydrogens is 304 g/mol. The number of carbonyl (C=O) groups is 1. The zero-order valence-electron chi connectivity index (χ0n) is 12.3. The molecule has 0 saturated heterocycles. The predicted molar refractivity (Wildman–Crippen MR) is 88.2 cm³/mol. The third kappa shape index (κ3) is 5.47. The summed E-state index contributed by atoms with van der Waals surface area (Å²) in [6.07, 6.45) is 2.01. The molecule has 1 atom stereocenters. The van der Waals surface area contributed by atoms with Crippen LogP contribution in [0.5, 0.6) is 0 Å². The number of esters is 1. The van der Waals surface area contributed by atoms with Crippen LogP contribution >= 0.6 is 22.7 Å². The van der Waals surface area contributed by atoms with E-state index < -0.39 is 0 Å². The Morgan fingerprint density at radius 3 is 3.05 bits per heavy atom. The van der Waals surface area contributed by atoms with E-state index in [4.69, 9.17) is 4.74 Å². The number of carbonyl (C=O) groups excluding carboxylic acids is 1. The third-order valence-corrected chi connectivity index (χ3v) is 4.49. The van der Waals surface area contributed by atoms with E-state index in [1.165, 1.54) is 5.56 Å². The summed E-state index contributed by atoms with van der Waals surface area (Å²) < 4.78 is 4.92. The lowest BCUT2D eigenvalue weighted by molar-refractivity contribution is -0.143. The summed E-state index contributed by atoms with van der Waals surface area (Å²) in [5.41, 5.74) is 2.29. The second-order valence-electron chi connectivity index (χ2n) is 4.83. The number of thiophene rings is 1. The molecular formula is C15H20N2O2S2. The molecule has 0 radical (unpaired) electrons. The molecule has 1 unspecified atom stereocenters. The lowest BCUT2D eigenvalue weighted by Crippen LogP contribution is -2.17. The molecule has 0 amide bonds. The number of ether oxygens (including phenoxy) is 1. The molecule has 21 heavy (non-hydrogen) atoms. The Kier molecular flexibility index (Phi) is 6.20. The van der Waals surface area contributed by atoms with E-state index in [0.29, 0.717) is 25.5 Å². The van der Waals surface area contributed by atoms with Gasteiger partial charge in [-0.05, 0) is 42.7 Å². The maximum absolute atomic E-state index is 11.3. The van der Waals surface area contributed by atoms with Gasteiger partial charge in [-0.15, -0.1) is 11.3 Å². The van der Waals surface area contributed by atoms with Crippen LogP contribution in [0.4, 0.5) is 5.13 Å². The number of aromatic nitrogens is 1. The Hall–Kier alpha value is -1.40. The van der Waals surface area contributed by atoms with Gasteiger partial charge >= 0.3 is 5.97 Å².